The van der Waals surface area contributed by atoms with E-state index in [0.29, 0.717) is 11.5 Å². The third kappa shape index (κ3) is 3.71. The Morgan fingerprint density at radius 1 is 1.45 bits per heavy atom. The SMILES string of the molecule is CC(C)N(CC1CCCNC1)c1cc(F)cc(C#N)c1. The highest BCUT2D eigenvalue weighted by molar-refractivity contribution is 5.52. The number of halogens is 1. The van der Waals surface area contributed by atoms with Crippen molar-refractivity contribution in [2.75, 3.05) is 24.5 Å². The lowest BCUT2D eigenvalue weighted by atomic mass is 9.98. The van der Waals surface area contributed by atoms with Crippen LogP contribution in [0.15, 0.2) is 18.2 Å². The van der Waals surface area contributed by atoms with E-state index in [1.807, 2.05) is 6.07 Å². The van der Waals surface area contributed by atoms with Gasteiger partial charge >= 0.3 is 0 Å². The van der Waals surface area contributed by atoms with Crippen LogP contribution in [0.4, 0.5) is 10.1 Å². The predicted octanol–water partition coefficient (Wildman–Crippen LogP) is 2.91. The first kappa shape index (κ1) is 14.8. The Bertz CT molecular complexity index is 487. The lowest BCUT2D eigenvalue weighted by Gasteiger charge is -2.34. The van der Waals surface area contributed by atoms with Gasteiger partial charge in [0.25, 0.3) is 0 Å². The molecule has 0 amide bonds. The third-order valence-electron chi connectivity index (χ3n) is 3.82. The molecule has 3 nitrogen and oxygen atoms in total. The fourth-order valence-electron chi connectivity index (χ4n) is 2.78. The molecule has 2 rings (SSSR count). The van der Waals surface area contributed by atoms with Crippen LogP contribution < -0.4 is 10.2 Å². The van der Waals surface area contributed by atoms with Gasteiger partial charge in [-0.2, -0.15) is 5.26 Å². The molecule has 4 heteroatoms. The molecule has 0 spiro atoms. The minimum absolute atomic E-state index is 0.283. The number of piperidine rings is 1. The molecular formula is C16H22FN3. The number of hydrogen-bond donors (Lipinski definition) is 1. The molecule has 1 heterocycles. The second kappa shape index (κ2) is 6.71. The number of nitrogens with one attached hydrogen (secondary N) is 1. The van der Waals surface area contributed by atoms with Gasteiger partial charge in [-0.3, -0.25) is 0 Å². The lowest BCUT2D eigenvalue weighted by molar-refractivity contribution is 0.371. The summed E-state index contributed by atoms with van der Waals surface area (Å²) in [5.41, 5.74) is 1.19. The molecule has 1 fully saturated rings. The third-order valence-corrected chi connectivity index (χ3v) is 3.82. The molecule has 1 aliphatic rings. The van der Waals surface area contributed by atoms with Crippen LogP contribution in [-0.2, 0) is 0 Å². The van der Waals surface area contributed by atoms with Gasteiger partial charge in [0, 0.05) is 18.3 Å². The van der Waals surface area contributed by atoms with Crippen LogP contribution in [0.1, 0.15) is 32.3 Å². The number of rotatable bonds is 4. The minimum atomic E-state index is -0.341. The highest BCUT2D eigenvalue weighted by Gasteiger charge is 2.20. The first-order chi connectivity index (χ1) is 9.60. The van der Waals surface area contributed by atoms with Crippen molar-refractivity contribution < 1.29 is 4.39 Å². The van der Waals surface area contributed by atoms with E-state index in [1.54, 1.807) is 6.07 Å². The molecule has 20 heavy (non-hydrogen) atoms. The normalized spacial score (nSPS) is 18.9. The van der Waals surface area contributed by atoms with Crippen LogP contribution in [0.3, 0.4) is 0 Å². The van der Waals surface area contributed by atoms with Crippen molar-refractivity contribution in [1.82, 2.24) is 5.32 Å². The number of nitriles is 1. The topological polar surface area (TPSA) is 39.1 Å². The Morgan fingerprint density at radius 2 is 2.25 bits per heavy atom. The maximum absolute atomic E-state index is 13.6. The van der Waals surface area contributed by atoms with Crippen molar-refractivity contribution in [3.63, 3.8) is 0 Å². The zero-order chi connectivity index (χ0) is 14.5. The largest absolute Gasteiger partial charge is 0.369 e. The van der Waals surface area contributed by atoms with Crippen LogP contribution in [0.25, 0.3) is 0 Å². The van der Waals surface area contributed by atoms with E-state index in [9.17, 15) is 4.39 Å². The van der Waals surface area contributed by atoms with E-state index in [4.69, 9.17) is 5.26 Å². The molecule has 1 aromatic carbocycles. The van der Waals surface area contributed by atoms with Gasteiger partial charge in [-0.25, -0.2) is 4.39 Å². The fourth-order valence-corrected chi connectivity index (χ4v) is 2.78. The summed E-state index contributed by atoms with van der Waals surface area (Å²) in [6, 6.07) is 6.89. The second-order valence-electron chi connectivity index (χ2n) is 5.77. The first-order valence-electron chi connectivity index (χ1n) is 7.28. The fraction of sp³-hybridized carbons (Fsp3) is 0.562. The monoisotopic (exact) mass is 275 g/mol. The molecule has 0 saturated carbocycles. The molecule has 1 saturated heterocycles. The van der Waals surface area contributed by atoms with Crippen LogP contribution >= 0.6 is 0 Å². The number of nitrogens with zero attached hydrogens (tertiary/aromatic N) is 2. The molecule has 1 atom stereocenters. The maximum atomic E-state index is 13.6. The molecule has 0 bridgehead atoms. The Morgan fingerprint density at radius 3 is 2.85 bits per heavy atom. The quantitative estimate of drug-likeness (QED) is 0.918. The average Bonchev–Trinajstić information content (AvgIpc) is 2.44. The van der Waals surface area contributed by atoms with Crippen LogP contribution in [0, 0.1) is 23.1 Å². The van der Waals surface area contributed by atoms with Gasteiger partial charge in [-0.15, -0.1) is 0 Å². The zero-order valence-corrected chi connectivity index (χ0v) is 12.2. The Hall–Kier alpha value is -1.60. The molecule has 1 aromatic rings. The average molecular weight is 275 g/mol. The van der Waals surface area contributed by atoms with Gasteiger partial charge in [0.15, 0.2) is 0 Å². The summed E-state index contributed by atoms with van der Waals surface area (Å²) in [6.45, 7) is 7.22. The van der Waals surface area contributed by atoms with E-state index in [0.717, 1.165) is 25.3 Å². The number of benzene rings is 1. The van der Waals surface area contributed by atoms with Crippen LogP contribution in [0.2, 0.25) is 0 Å². The summed E-state index contributed by atoms with van der Waals surface area (Å²) in [6.07, 6.45) is 2.40. The Kier molecular flexibility index (Phi) is 4.97. The lowest BCUT2D eigenvalue weighted by Crippen LogP contribution is -2.41. The predicted molar refractivity (Wildman–Crippen MR) is 79.2 cm³/mol. The highest BCUT2D eigenvalue weighted by atomic mass is 19.1. The molecule has 108 valence electrons. The maximum Gasteiger partial charge on any atom is 0.126 e. The van der Waals surface area contributed by atoms with E-state index in [1.165, 1.54) is 25.0 Å². The van der Waals surface area contributed by atoms with Crippen molar-refractivity contribution in [3.05, 3.63) is 29.6 Å². The van der Waals surface area contributed by atoms with E-state index < -0.39 is 0 Å². The first-order valence-corrected chi connectivity index (χ1v) is 7.28. The van der Waals surface area contributed by atoms with Crippen molar-refractivity contribution >= 4 is 5.69 Å². The molecule has 0 aromatic heterocycles. The molecule has 0 radical (unpaired) electrons. The molecule has 1 N–H and O–H groups in total. The van der Waals surface area contributed by atoms with Gasteiger partial charge in [0.1, 0.15) is 5.82 Å². The van der Waals surface area contributed by atoms with Gasteiger partial charge < -0.3 is 10.2 Å². The van der Waals surface area contributed by atoms with E-state index in [-0.39, 0.29) is 11.9 Å². The second-order valence-corrected chi connectivity index (χ2v) is 5.77. The summed E-state index contributed by atoms with van der Waals surface area (Å²) in [7, 11) is 0. The number of hydrogen-bond acceptors (Lipinski definition) is 3. The summed E-state index contributed by atoms with van der Waals surface area (Å²) >= 11 is 0. The van der Waals surface area contributed by atoms with Crippen LogP contribution in [0.5, 0.6) is 0 Å². The smallest absolute Gasteiger partial charge is 0.126 e. The summed E-state index contributed by atoms with van der Waals surface area (Å²) in [4.78, 5) is 2.20. The van der Waals surface area contributed by atoms with Crippen LogP contribution in [-0.4, -0.2) is 25.7 Å². The van der Waals surface area contributed by atoms with Gasteiger partial charge in [0.05, 0.1) is 11.6 Å². The van der Waals surface area contributed by atoms with Gasteiger partial charge in [-0.1, -0.05) is 0 Å². The Labute approximate surface area is 120 Å². The van der Waals surface area contributed by atoms with Gasteiger partial charge in [0.2, 0.25) is 0 Å². The highest BCUT2D eigenvalue weighted by Crippen LogP contribution is 2.23. The summed E-state index contributed by atoms with van der Waals surface area (Å²) < 4.78 is 13.6. The van der Waals surface area contributed by atoms with Gasteiger partial charge in [-0.05, 0) is 63.9 Å². The molecular weight excluding hydrogens is 253 g/mol. The van der Waals surface area contributed by atoms with Crippen molar-refractivity contribution in [1.29, 1.82) is 5.26 Å². The standard InChI is InChI=1S/C16H22FN3/c1-12(2)20(11-13-4-3-5-19-10-13)16-7-14(9-18)6-15(17)8-16/h6-8,12-13,19H,3-5,10-11H2,1-2H3. The molecule has 1 aliphatic heterocycles. The van der Waals surface area contributed by atoms with Crippen molar-refractivity contribution in [2.24, 2.45) is 5.92 Å². The number of anilines is 1. The summed E-state index contributed by atoms with van der Waals surface area (Å²) in [5.74, 6) is 0.242. The zero-order valence-electron chi connectivity index (χ0n) is 12.2. The van der Waals surface area contributed by atoms with Crippen molar-refractivity contribution in [2.45, 2.75) is 32.7 Å². The van der Waals surface area contributed by atoms with Crippen molar-refractivity contribution in [3.8, 4) is 6.07 Å². The summed E-state index contributed by atoms with van der Waals surface area (Å²) in [5, 5.41) is 12.4. The Balaban J connectivity index is 2.19. The minimum Gasteiger partial charge on any atom is -0.369 e. The molecule has 0 aliphatic carbocycles. The van der Waals surface area contributed by atoms with E-state index >= 15 is 0 Å². The van der Waals surface area contributed by atoms with E-state index in [2.05, 4.69) is 24.1 Å². The molecule has 1 unspecified atom stereocenters.